The van der Waals surface area contributed by atoms with Gasteiger partial charge in [0.1, 0.15) is 11.5 Å². The number of methoxy groups -OCH3 is 1. The summed E-state index contributed by atoms with van der Waals surface area (Å²) in [7, 11) is 1.58. The van der Waals surface area contributed by atoms with Gasteiger partial charge in [-0.05, 0) is 79.7 Å². The summed E-state index contributed by atoms with van der Waals surface area (Å²) < 4.78 is 24.9. The lowest BCUT2D eigenvalue weighted by atomic mass is 10.1. The minimum atomic E-state index is -0.359. The van der Waals surface area contributed by atoms with Crippen LogP contribution in [-0.2, 0) is 9.47 Å². The van der Waals surface area contributed by atoms with Crippen LogP contribution in [0.5, 0.6) is 11.5 Å². The molecule has 216 valence electrons. The summed E-state index contributed by atoms with van der Waals surface area (Å²) in [5, 5.41) is 10.8. The number of rotatable bonds is 9. The van der Waals surface area contributed by atoms with Crippen LogP contribution in [-0.4, -0.2) is 57.9 Å². The van der Waals surface area contributed by atoms with Gasteiger partial charge in [-0.2, -0.15) is 10.2 Å². The Bertz CT molecular complexity index is 1470. The highest BCUT2D eigenvalue weighted by atomic mass is 16.5. The van der Waals surface area contributed by atoms with Gasteiger partial charge in [0.25, 0.3) is 0 Å². The first-order chi connectivity index (χ1) is 19.0. The first-order valence-electron chi connectivity index (χ1n) is 13.6. The molecule has 0 bridgehead atoms. The second-order valence-corrected chi connectivity index (χ2v) is 10.0. The summed E-state index contributed by atoms with van der Waals surface area (Å²) >= 11 is 0. The van der Waals surface area contributed by atoms with Gasteiger partial charge in [0.15, 0.2) is 0 Å². The largest absolute Gasteiger partial charge is 0.496 e. The molecule has 0 fully saturated rings. The van der Waals surface area contributed by atoms with E-state index < -0.39 is 0 Å². The average molecular weight is 553 g/mol. The molecular weight excluding hydrogens is 512 g/mol. The van der Waals surface area contributed by atoms with Crippen LogP contribution in [0.25, 0.3) is 21.8 Å². The van der Waals surface area contributed by atoms with Gasteiger partial charge in [-0.1, -0.05) is 0 Å². The lowest BCUT2D eigenvalue weighted by Gasteiger charge is -2.11. The summed E-state index contributed by atoms with van der Waals surface area (Å²) in [6.07, 6.45) is 3.90. The lowest BCUT2D eigenvalue weighted by molar-refractivity contribution is 0.0516. The number of carbonyl (C=O) groups is 2. The van der Waals surface area contributed by atoms with Gasteiger partial charge in [0, 0.05) is 24.5 Å². The third-order valence-corrected chi connectivity index (χ3v) is 5.87. The third kappa shape index (κ3) is 7.11. The summed E-state index contributed by atoms with van der Waals surface area (Å²) in [6.45, 7) is 16.4. The second kappa shape index (κ2) is 13.3. The fraction of sp³-hybridized carbons (Fsp3) is 0.467. The van der Waals surface area contributed by atoms with Gasteiger partial charge in [0.2, 0.25) is 0 Å². The quantitative estimate of drug-likeness (QED) is 0.220. The Kier molecular flexibility index (Phi) is 10.1. The van der Waals surface area contributed by atoms with Crippen LogP contribution in [0.3, 0.4) is 0 Å². The normalized spacial score (nSPS) is 11.2. The van der Waals surface area contributed by atoms with E-state index >= 15 is 0 Å². The molecule has 2 aromatic carbocycles. The number of benzene rings is 2. The zero-order valence-electron chi connectivity index (χ0n) is 24.8. The van der Waals surface area contributed by atoms with Crippen LogP contribution in [0, 0.1) is 0 Å². The van der Waals surface area contributed by atoms with Crippen LogP contribution >= 0.6 is 0 Å². The first kappa shape index (κ1) is 30.5. The maximum absolute atomic E-state index is 12.0. The van der Waals surface area contributed by atoms with Crippen LogP contribution in [0.4, 0.5) is 0 Å². The van der Waals surface area contributed by atoms with E-state index in [1.165, 1.54) is 0 Å². The second-order valence-electron chi connectivity index (χ2n) is 10.0. The number of carbonyl (C=O) groups excluding carboxylic acids is 2. The molecule has 2 heterocycles. The number of fused-ring (bicyclic) bond motifs is 2. The highest BCUT2D eigenvalue weighted by Crippen LogP contribution is 2.30. The van der Waals surface area contributed by atoms with Crippen molar-refractivity contribution in [2.45, 2.75) is 73.6 Å². The molecule has 0 radical (unpaired) electrons. The number of hydrogen-bond acceptors (Lipinski definition) is 8. The van der Waals surface area contributed by atoms with Crippen molar-refractivity contribution in [3.05, 3.63) is 47.8 Å². The SMILES string of the molecule is CCOC(=O)c1cc(OC(C)C)c2cn(C(C)C)nc2c1.CCOC(=O)c1cc(OC)c2cn(C(C)C)nc2c1. The van der Waals surface area contributed by atoms with E-state index in [2.05, 4.69) is 24.0 Å². The van der Waals surface area contributed by atoms with E-state index in [0.717, 1.165) is 21.8 Å². The fourth-order valence-electron chi connectivity index (χ4n) is 3.93. The summed E-state index contributed by atoms with van der Waals surface area (Å²) in [5.74, 6) is 0.582. The molecule has 0 spiro atoms. The molecular formula is C30H40N4O6. The molecule has 0 aliphatic heterocycles. The molecule has 10 heteroatoms. The molecule has 0 unspecified atom stereocenters. The highest BCUT2D eigenvalue weighted by Gasteiger charge is 2.17. The van der Waals surface area contributed by atoms with Gasteiger partial charge < -0.3 is 18.9 Å². The molecule has 0 atom stereocenters. The predicted molar refractivity (Wildman–Crippen MR) is 154 cm³/mol. The number of aromatic nitrogens is 4. The Morgan fingerprint density at radius 2 is 1.15 bits per heavy atom. The topological polar surface area (TPSA) is 107 Å². The minimum absolute atomic E-state index is 0.0213. The zero-order chi connectivity index (χ0) is 29.6. The van der Waals surface area contributed by atoms with Crippen molar-refractivity contribution >= 4 is 33.7 Å². The molecule has 0 aliphatic rings. The van der Waals surface area contributed by atoms with Crippen molar-refractivity contribution in [3.63, 3.8) is 0 Å². The number of nitrogens with zero attached hydrogens (tertiary/aromatic N) is 4. The average Bonchev–Trinajstić information content (AvgIpc) is 3.53. The van der Waals surface area contributed by atoms with E-state index in [-0.39, 0.29) is 30.1 Å². The van der Waals surface area contributed by atoms with Crippen molar-refractivity contribution < 1.29 is 28.5 Å². The van der Waals surface area contributed by atoms with E-state index in [9.17, 15) is 9.59 Å². The van der Waals surface area contributed by atoms with Gasteiger partial charge in [0.05, 0.1) is 59.4 Å². The maximum atomic E-state index is 12.0. The summed E-state index contributed by atoms with van der Waals surface area (Å²) in [6, 6.07) is 7.39. The van der Waals surface area contributed by atoms with Crippen molar-refractivity contribution in [3.8, 4) is 11.5 Å². The van der Waals surface area contributed by atoms with Gasteiger partial charge in [-0.25, -0.2) is 9.59 Å². The minimum Gasteiger partial charge on any atom is -0.496 e. The molecule has 0 saturated heterocycles. The first-order valence-corrected chi connectivity index (χ1v) is 13.6. The monoisotopic (exact) mass is 552 g/mol. The number of hydrogen-bond donors (Lipinski definition) is 0. The Morgan fingerprint density at radius 1 is 0.725 bits per heavy atom. The number of esters is 2. The van der Waals surface area contributed by atoms with Crippen molar-refractivity contribution in [2.75, 3.05) is 20.3 Å². The van der Waals surface area contributed by atoms with Crippen LogP contribution < -0.4 is 9.47 Å². The molecule has 0 aliphatic carbocycles. The van der Waals surface area contributed by atoms with E-state index in [0.29, 0.717) is 35.8 Å². The van der Waals surface area contributed by atoms with Crippen LogP contribution in [0.1, 0.15) is 88.2 Å². The zero-order valence-corrected chi connectivity index (χ0v) is 24.8. The molecule has 4 rings (SSSR count). The third-order valence-electron chi connectivity index (χ3n) is 5.87. The molecule has 4 aromatic rings. The highest BCUT2D eigenvalue weighted by molar-refractivity contribution is 5.97. The van der Waals surface area contributed by atoms with Gasteiger partial charge >= 0.3 is 11.9 Å². The number of ether oxygens (including phenoxy) is 4. The molecule has 2 aromatic heterocycles. The fourth-order valence-corrected chi connectivity index (χ4v) is 3.93. The van der Waals surface area contributed by atoms with Crippen molar-refractivity contribution in [2.24, 2.45) is 0 Å². The molecule has 40 heavy (non-hydrogen) atoms. The Morgan fingerprint density at radius 3 is 1.52 bits per heavy atom. The van der Waals surface area contributed by atoms with Gasteiger partial charge in [-0.3, -0.25) is 9.36 Å². The van der Waals surface area contributed by atoms with Crippen LogP contribution in [0.15, 0.2) is 36.7 Å². The molecule has 10 nitrogen and oxygen atoms in total. The molecule has 0 amide bonds. The van der Waals surface area contributed by atoms with Crippen LogP contribution in [0.2, 0.25) is 0 Å². The standard InChI is InChI=1S/C16H22N2O3.C14H18N2O3/c1-6-20-16(19)12-7-14-13(9-18(17-14)10(2)3)15(8-12)21-11(4)5;1-5-19-14(17)10-6-12-11(13(7-10)18-4)8-16(15-12)9(2)3/h7-11H,6H2,1-5H3;6-9H,5H2,1-4H3. The van der Waals surface area contributed by atoms with E-state index in [1.54, 1.807) is 45.2 Å². The van der Waals surface area contributed by atoms with E-state index in [4.69, 9.17) is 18.9 Å². The smallest absolute Gasteiger partial charge is 0.338 e. The lowest BCUT2D eigenvalue weighted by Crippen LogP contribution is -2.08. The summed E-state index contributed by atoms with van der Waals surface area (Å²) in [4.78, 5) is 23.7. The summed E-state index contributed by atoms with van der Waals surface area (Å²) in [5.41, 5.74) is 2.40. The van der Waals surface area contributed by atoms with Crippen molar-refractivity contribution in [1.29, 1.82) is 0 Å². The Hall–Kier alpha value is -4.08. The Balaban J connectivity index is 0.000000222. The molecule has 0 saturated carbocycles. The van der Waals surface area contributed by atoms with Crippen molar-refractivity contribution in [1.82, 2.24) is 19.6 Å². The Labute approximate surface area is 235 Å². The van der Waals surface area contributed by atoms with Gasteiger partial charge in [-0.15, -0.1) is 0 Å². The van der Waals surface area contributed by atoms with E-state index in [1.807, 2.05) is 49.5 Å². The molecule has 0 N–H and O–H groups in total. The predicted octanol–water partition coefficient (Wildman–Crippen LogP) is 6.38. The maximum Gasteiger partial charge on any atom is 0.338 e.